The van der Waals surface area contributed by atoms with Crippen LogP contribution in [0.25, 0.3) is 0 Å². The standard InChI is InChI=1S/C13H20N2O2/c1-12(2,3)9-15-13(4,11(16)17)10-7-5-6-8-14-10/h5-8,15H,9H2,1-4H3,(H,16,17). The van der Waals surface area contributed by atoms with Gasteiger partial charge in [0.1, 0.15) is 0 Å². The Morgan fingerprint density at radius 3 is 2.41 bits per heavy atom. The molecule has 0 aromatic carbocycles. The van der Waals surface area contributed by atoms with Gasteiger partial charge in [-0.2, -0.15) is 0 Å². The maximum Gasteiger partial charge on any atom is 0.329 e. The Bertz CT molecular complexity index is 384. The van der Waals surface area contributed by atoms with E-state index in [1.165, 1.54) is 0 Å². The molecular weight excluding hydrogens is 216 g/mol. The topological polar surface area (TPSA) is 62.2 Å². The van der Waals surface area contributed by atoms with Gasteiger partial charge in [-0.05, 0) is 24.5 Å². The van der Waals surface area contributed by atoms with E-state index in [-0.39, 0.29) is 5.41 Å². The second-order valence-corrected chi connectivity index (χ2v) is 5.56. The predicted octanol–water partition coefficient (Wildman–Crippen LogP) is 2.02. The summed E-state index contributed by atoms with van der Waals surface area (Å²) >= 11 is 0. The number of rotatable bonds is 4. The summed E-state index contributed by atoms with van der Waals surface area (Å²) in [6.45, 7) is 8.41. The van der Waals surface area contributed by atoms with E-state index in [1.54, 1.807) is 31.3 Å². The van der Waals surface area contributed by atoms with E-state index in [4.69, 9.17) is 0 Å². The van der Waals surface area contributed by atoms with Crippen molar-refractivity contribution in [1.82, 2.24) is 10.3 Å². The van der Waals surface area contributed by atoms with Crippen molar-refractivity contribution in [3.63, 3.8) is 0 Å². The van der Waals surface area contributed by atoms with Crippen molar-refractivity contribution in [2.24, 2.45) is 5.41 Å². The highest BCUT2D eigenvalue weighted by atomic mass is 16.4. The van der Waals surface area contributed by atoms with Crippen LogP contribution in [0.15, 0.2) is 24.4 Å². The minimum absolute atomic E-state index is 0.0193. The van der Waals surface area contributed by atoms with Crippen molar-refractivity contribution in [2.45, 2.75) is 33.2 Å². The summed E-state index contributed by atoms with van der Waals surface area (Å²) in [7, 11) is 0. The van der Waals surface area contributed by atoms with Crippen LogP contribution in [0.4, 0.5) is 0 Å². The van der Waals surface area contributed by atoms with Crippen LogP contribution in [0.2, 0.25) is 0 Å². The molecular formula is C13H20N2O2. The summed E-state index contributed by atoms with van der Waals surface area (Å²) in [6.07, 6.45) is 1.61. The predicted molar refractivity (Wildman–Crippen MR) is 66.7 cm³/mol. The molecule has 0 aliphatic rings. The number of carboxylic acids is 1. The molecule has 0 aliphatic heterocycles. The average molecular weight is 236 g/mol. The second-order valence-electron chi connectivity index (χ2n) is 5.56. The van der Waals surface area contributed by atoms with Crippen molar-refractivity contribution in [1.29, 1.82) is 0 Å². The number of nitrogens with one attached hydrogen (secondary N) is 1. The van der Waals surface area contributed by atoms with Crippen LogP contribution in [-0.4, -0.2) is 22.6 Å². The molecule has 1 aromatic heterocycles. The molecule has 0 amide bonds. The molecule has 2 N–H and O–H groups in total. The van der Waals surface area contributed by atoms with Gasteiger partial charge in [0, 0.05) is 12.7 Å². The van der Waals surface area contributed by atoms with Gasteiger partial charge in [-0.15, -0.1) is 0 Å². The largest absolute Gasteiger partial charge is 0.480 e. The molecule has 0 bridgehead atoms. The van der Waals surface area contributed by atoms with Gasteiger partial charge in [-0.3, -0.25) is 10.3 Å². The van der Waals surface area contributed by atoms with Crippen molar-refractivity contribution < 1.29 is 9.90 Å². The number of carbonyl (C=O) groups is 1. The van der Waals surface area contributed by atoms with Gasteiger partial charge in [0.15, 0.2) is 5.54 Å². The van der Waals surface area contributed by atoms with E-state index in [0.29, 0.717) is 12.2 Å². The number of nitrogens with zero attached hydrogens (tertiary/aromatic N) is 1. The first-order valence-electron chi connectivity index (χ1n) is 5.66. The van der Waals surface area contributed by atoms with E-state index in [2.05, 4.69) is 31.1 Å². The minimum atomic E-state index is -1.14. The molecule has 0 saturated carbocycles. The quantitative estimate of drug-likeness (QED) is 0.839. The van der Waals surface area contributed by atoms with Crippen LogP contribution < -0.4 is 5.32 Å². The molecule has 0 spiro atoms. The van der Waals surface area contributed by atoms with Crippen molar-refractivity contribution >= 4 is 5.97 Å². The highest BCUT2D eigenvalue weighted by Crippen LogP contribution is 2.21. The maximum atomic E-state index is 11.4. The Hall–Kier alpha value is -1.42. The van der Waals surface area contributed by atoms with Crippen LogP contribution in [0, 0.1) is 5.41 Å². The smallest absolute Gasteiger partial charge is 0.329 e. The number of pyridine rings is 1. The van der Waals surface area contributed by atoms with E-state index in [0.717, 1.165) is 0 Å². The minimum Gasteiger partial charge on any atom is -0.480 e. The lowest BCUT2D eigenvalue weighted by atomic mass is 9.92. The van der Waals surface area contributed by atoms with Crippen molar-refractivity contribution in [2.75, 3.05) is 6.54 Å². The normalized spacial score (nSPS) is 15.3. The molecule has 4 heteroatoms. The third-order valence-corrected chi connectivity index (χ3v) is 2.58. The number of aliphatic carboxylic acids is 1. The zero-order valence-electron chi connectivity index (χ0n) is 10.8. The zero-order chi connectivity index (χ0) is 13.1. The Labute approximate surface area is 102 Å². The number of hydrogen-bond donors (Lipinski definition) is 2. The number of hydrogen-bond acceptors (Lipinski definition) is 3. The van der Waals surface area contributed by atoms with Crippen LogP contribution in [-0.2, 0) is 10.3 Å². The first kappa shape index (κ1) is 13.6. The van der Waals surface area contributed by atoms with Gasteiger partial charge in [0.25, 0.3) is 0 Å². The summed E-state index contributed by atoms with van der Waals surface area (Å²) in [5.74, 6) is -0.916. The number of carboxylic acid groups (broad SMARTS) is 1. The van der Waals surface area contributed by atoms with Crippen LogP contribution in [0.1, 0.15) is 33.4 Å². The van der Waals surface area contributed by atoms with Gasteiger partial charge in [-0.25, -0.2) is 4.79 Å². The molecule has 1 unspecified atom stereocenters. The van der Waals surface area contributed by atoms with Gasteiger partial charge < -0.3 is 5.11 Å². The highest BCUT2D eigenvalue weighted by Gasteiger charge is 2.36. The van der Waals surface area contributed by atoms with Gasteiger partial charge in [0.2, 0.25) is 0 Å². The molecule has 1 rings (SSSR count). The Morgan fingerprint density at radius 2 is 2.00 bits per heavy atom. The lowest BCUT2D eigenvalue weighted by Crippen LogP contribution is -2.49. The summed E-state index contributed by atoms with van der Waals surface area (Å²) in [5.41, 5.74) is -0.600. The summed E-state index contributed by atoms with van der Waals surface area (Å²) < 4.78 is 0. The Balaban J connectivity index is 2.95. The molecule has 4 nitrogen and oxygen atoms in total. The van der Waals surface area contributed by atoms with Crippen molar-refractivity contribution in [3.8, 4) is 0 Å². The van der Waals surface area contributed by atoms with Crippen LogP contribution in [0.3, 0.4) is 0 Å². The monoisotopic (exact) mass is 236 g/mol. The summed E-state index contributed by atoms with van der Waals surface area (Å²) in [4.78, 5) is 15.6. The molecule has 1 atom stereocenters. The highest BCUT2D eigenvalue weighted by molar-refractivity contribution is 5.79. The molecule has 0 radical (unpaired) electrons. The fourth-order valence-electron chi connectivity index (χ4n) is 1.38. The molecule has 0 saturated heterocycles. The van der Waals surface area contributed by atoms with E-state index < -0.39 is 11.5 Å². The fourth-order valence-corrected chi connectivity index (χ4v) is 1.38. The Kier molecular flexibility index (Phi) is 3.88. The van der Waals surface area contributed by atoms with Gasteiger partial charge in [-0.1, -0.05) is 26.8 Å². The third kappa shape index (κ3) is 3.53. The SMILES string of the molecule is CC(C)(C)CNC(C)(C(=O)O)c1ccccn1. The molecule has 0 fully saturated rings. The lowest BCUT2D eigenvalue weighted by Gasteiger charge is -2.30. The van der Waals surface area contributed by atoms with Gasteiger partial charge in [0.05, 0.1) is 5.69 Å². The lowest BCUT2D eigenvalue weighted by molar-refractivity contribution is -0.145. The van der Waals surface area contributed by atoms with Crippen LogP contribution in [0.5, 0.6) is 0 Å². The third-order valence-electron chi connectivity index (χ3n) is 2.58. The van der Waals surface area contributed by atoms with Gasteiger partial charge >= 0.3 is 5.97 Å². The zero-order valence-corrected chi connectivity index (χ0v) is 10.8. The molecule has 17 heavy (non-hydrogen) atoms. The van der Waals surface area contributed by atoms with E-state index >= 15 is 0 Å². The summed E-state index contributed by atoms with van der Waals surface area (Å²) in [6, 6.07) is 5.29. The van der Waals surface area contributed by atoms with E-state index in [9.17, 15) is 9.90 Å². The van der Waals surface area contributed by atoms with Crippen LogP contribution >= 0.6 is 0 Å². The maximum absolute atomic E-state index is 11.4. The molecule has 0 aliphatic carbocycles. The second kappa shape index (κ2) is 4.84. The first-order valence-corrected chi connectivity index (χ1v) is 5.66. The fraction of sp³-hybridized carbons (Fsp3) is 0.538. The summed E-state index contributed by atoms with van der Waals surface area (Å²) in [5, 5.41) is 12.5. The Morgan fingerprint density at radius 1 is 1.35 bits per heavy atom. The molecule has 1 heterocycles. The number of aromatic nitrogens is 1. The molecule has 1 aromatic rings. The molecule has 94 valence electrons. The van der Waals surface area contributed by atoms with E-state index in [1.807, 2.05) is 0 Å². The first-order chi connectivity index (χ1) is 7.76. The average Bonchev–Trinajstić information content (AvgIpc) is 2.26. The van der Waals surface area contributed by atoms with Crippen molar-refractivity contribution in [3.05, 3.63) is 30.1 Å².